The molecule has 0 bridgehead atoms. The van der Waals surface area contributed by atoms with Crippen LogP contribution in [0.1, 0.15) is 24.0 Å². The van der Waals surface area contributed by atoms with Crippen molar-refractivity contribution in [2.45, 2.75) is 25.7 Å². The van der Waals surface area contributed by atoms with Crippen LogP contribution in [-0.2, 0) is 17.6 Å². The summed E-state index contributed by atoms with van der Waals surface area (Å²) in [5, 5.41) is 8.77. The fourth-order valence-electron chi connectivity index (χ4n) is 2.19. The first-order valence-corrected chi connectivity index (χ1v) is 5.75. The number of ether oxygens (including phenoxy) is 2. The Morgan fingerprint density at radius 3 is 3.06 bits per heavy atom. The lowest BCUT2D eigenvalue weighted by atomic mass is 9.96. The average Bonchev–Trinajstić information content (AvgIpc) is 2.35. The molecule has 1 aliphatic rings. The van der Waals surface area contributed by atoms with Crippen LogP contribution in [-0.4, -0.2) is 24.8 Å². The number of hydrogen-bond acceptors (Lipinski definition) is 3. The van der Waals surface area contributed by atoms with Gasteiger partial charge in [-0.1, -0.05) is 0 Å². The van der Waals surface area contributed by atoms with Crippen LogP contribution in [0.4, 0.5) is 0 Å². The van der Waals surface area contributed by atoms with Crippen molar-refractivity contribution in [2.24, 2.45) is 0 Å². The number of carbonyl (C=O) groups is 1. The van der Waals surface area contributed by atoms with Crippen molar-refractivity contribution in [1.82, 2.24) is 0 Å². The summed E-state index contributed by atoms with van der Waals surface area (Å²) >= 11 is 0. The molecule has 1 N–H and O–H groups in total. The van der Waals surface area contributed by atoms with E-state index in [1.165, 1.54) is 0 Å². The predicted octanol–water partition coefficient (Wildman–Crippen LogP) is 2.04. The van der Waals surface area contributed by atoms with Crippen molar-refractivity contribution < 1.29 is 19.4 Å². The van der Waals surface area contributed by atoms with Crippen molar-refractivity contribution in [3.63, 3.8) is 0 Å². The van der Waals surface area contributed by atoms with Crippen LogP contribution in [0.2, 0.25) is 0 Å². The molecule has 1 aromatic carbocycles. The fourth-order valence-corrected chi connectivity index (χ4v) is 2.19. The molecule has 0 aliphatic carbocycles. The highest BCUT2D eigenvalue weighted by Gasteiger charge is 2.18. The average molecular weight is 236 g/mol. The number of fused-ring (bicyclic) bond motifs is 1. The molecule has 17 heavy (non-hydrogen) atoms. The molecule has 0 amide bonds. The maximum Gasteiger partial charge on any atom is 0.303 e. The summed E-state index contributed by atoms with van der Waals surface area (Å²) in [5.41, 5.74) is 2.09. The Hall–Kier alpha value is -1.71. The number of carboxylic acid groups (broad SMARTS) is 1. The highest BCUT2D eigenvalue weighted by atomic mass is 16.5. The lowest BCUT2D eigenvalue weighted by molar-refractivity contribution is -0.136. The Labute approximate surface area is 100 Å². The molecular weight excluding hydrogens is 220 g/mol. The maximum atomic E-state index is 10.7. The first-order chi connectivity index (χ1) is 8.22. The van der Waals surface area contributed by atoms with Crippen molar-refractivity contribution >= 4 is 5.97 Å². The highest BCUT2D eigenvalue weighted by molar-refractivity contribution is 5.67. The van der Waals surface area contributed by atoms with Crippen molar-refractivity contribution in [1.29, 1.82) is 0 Å². The van der Waals surface area contributed by atoms with Gasteiger partial charge in [-0.2, -0.15) is 0 Å². The Bertz CT molecular complexity index is 426. The van der Waals surface area contributed by atoms with Crippen LogP contribution in [0.15, 0.2) is 12.1 Å². The first-order valence-electron chi connectivity index (χ1n) is 5.75. The normalized spacial score (nSPS) is 13.7. The van der Waals surface area contributed by atoms with Crippen LogP contribution in [0.25, 0.3) is 0 Å². The van der Waals surface area contributed by atoms with Gasteiger partial charge in [0, 0.05) is 17.5 Å². The van der Waals surface area contributed by atoms with Gasteiger partial charge in [-0.15, -0.1) is 0 Å². The molecular formula is C13H16O4. The molecule has 2 rings (SSSR count). The van der Waals surface area contributed by atoms with E-state index in [4.69, 9.17) is 14.6 Å². The van der Waals surface area contributed by atoms with Gasteiger partial charge in [0.25, 0.3) is 0 Å². The van der Waals surface area contributed by atoms with Gasteiger partial charge in [0.2, 0.25) is 0 Å². The maximum absolute atomic E-state index is 10.7. The van der Waals surface area contributed by atoms with Gasteiger partial charge in [0.1, 0.15) is 11.5 Å². The van der Waals surface area contributed by atoms with Crippen LogP contribution >= 0.6 is 0 Å². The Balaban J connectivity index is 2.34. The quantitative estimate of drug-likeness (QED) is 0.869. The predicted molar refractivity (Wildman–Crippen MR) is 62.8 cm³/mol. The van der Waals surface area contributed by atoms with Crippen molar-refractivity contribution in [2.75, 3.05) is 13.7 Å². The smallest absolute Gasteiger partial charge is 0.303 e. The van der Waals surface area contributed by atoms with E-state index < -0.39 is 5.97 Å². The van der Waals surface area contributed by atoms with Crippen LogP contribution in [0, 0.1) is 0 Å². The van der Waals surface area contributed by atoms with E-state index in [9.17, 15) is 4.79 Å². The number of methoxy groups -OCH3 is 1. The van der Waals surface area contributed by atoms with Gasteiger partial charge in [0.15, 0.2) is 0 Å². The monoisotopic (exact) mass is 236 g/mol. The number of aliphatic carboxylic acids is 1. The van der Waals surface area contributed by atoms with Gasteiger partial charge in [-0.25, -0.2) is 0 Å². The molecule has 0 fully saturated rings. The number of rotatable bonds is 4. The largest absolute Gasteiger partial charge is 0.496 e. The molecule has 1 aromatic rings. The molecule has 0 atom stereocenters. The van der Waals surface area contributed by atoms with Gasteiger partial charge in [0.05, 0.1) is 13.7 Å². The molecule has 0 saturated heterocycles. The van der Waals surface area contributed by atoms with Crippen LogP contribution in [0.3, 0.4) is 0 Å². The lowest BCUT2D eigenvalue weighted by Gasteiger charge is -2.22. The SMILES string of the molecule is COc1ccc2c(c1CCC(=O)O)CCCO2. The van der Waals surface area contributed by atoms with Gasteiger partial charge >= 0.3 is 5.97 Å². The topological polar surface area (TPSA) is 55.8 Å². The van der Waals surface area contributed by atoms with E-state index in [-0.39, 0.29) is 6.42 Å². The van der Waals surface area contributed by atoms with E-state index in [0.717, 1.165) is 42.1 Å². The summed E-state index contributed by atoms with van der Waals surface area (Å²) in [6, 6.07) is 3.75. The second kappa shape index (κ2) is 5.08. The molecule has 1 heterocycles. The Kier molecular flexibility index (Phi) is 3.52. The minimum atomic E-state index is -0.790. The number of hydrogen-bond donors (Lipinski definition) is 1. The van der Waals surface area contributed by atoms with Gasteiger partial charge in [-0.05, 0) is 31.4 Å². The van der Waals surface area contributed by atoms with E-state index in [1.54, 1.807) is 7.11 Å². The zero-order valence-electron chi connectivity index (χ0n) is 9.86. The second-order valence-corrected chi connectivity index (χ2v) is 4.07. The third-order valence-electron chi connectivity index (χ3n) is 2.98. The zero-order valence-corrected chi connectivity index (χ0v) is 9.86. The van der Waals surface area contributed by atoms with Crippen LogP contribution in [0.5, 0.6) is 11.5 Å². The van der Waals surface area contributed by atoms with E-state index in [2.05, 4.69) is 0 Å². The van der Waals surface area contributed by atoms with Crippen molar-refractivity contribution in [3.05, 3.63) is 23.3 Å². The number of carboxylic acids is 1. The Morgan fingerprint density at radius 1 is 1.53 bits per heavy atom. The van der Waals surface area contributed by atoms with Gasteiger partial charge < -0.3 is 14.6 Å². The van der Waals surface area contributed by atoms with E-state index >= 15 is 0 Å². The molecule has 0 aromatic heterocycles. The lowest BCUT2D eigenvalue weighted by Crippen LogP contribution is -2.12. The molecule has 92 valence electrons. The summed E-state index contributed by atoms with van der Waals surface area (Å²) in [5.74, 6) is 0.842. The minimum Gasteiger partial charge on any atom is -0.496 e. The molecule has 4 heteroatoms. The summed E-state index contributed by atoms with van der Waals surface area (Å²) in [6.07, 6.45) is 2.51. The molecule has 4 nitrogen and oxygen atoms in total. The molecule has 0 radical (unpaired) electrons. The third kappa shape index (κ3) is 2.52. The third-order valence-corrected chi connectivity index (χ3v) is 2.98. The summed E-state index contributed by atoms with van der Waals surface area (Å²) < 4.78 is 10.9. The zero-order chi connectivity index (χ0) is 12.3. The van der Waals surface area contributed by atoms with E-state index in [0.29, 0.717) is 6.42 Å². The molecule has 0 unspecified atom stereocenters. The fraction of sp³-hybridized carbons (Fsp3) is 0.462. The van der Waals surface area contributed by atoms with Crippen molar-refractivity contribution in [3.8, 4) is 11.5 Å². The molecule has 0 saturated carbocycles. The molecule has 1 aliphatic heterocycles. The Morgan fingerprint density at radius 2 is 2.35 bits per heavy atom. The van der Waals surface area contributed by atoms with E-state index in [1.807, 2.05) is 12.1 Å². The molecule has 0 spiro atoms. The standard InChI is InChI=1S/C13H16O4/c1-16-11-5-6-12-9(3-2-8-17-12)10(11)4-7-13(14)15/h5-6H,2-4,7-8H2,1H3,(H,14,15). The minimum absolute atomic E-state index is 0.118. The summed E-state index contributed by atoms with van der Waals surface area (Å²) in [6.45, 7) is 0.734. The number of benzene rings is 1. The van der Waals surface area contributed by atoms with Gasteiger partial charge in [-0.3, -0.25) is 4.79 Å². The first kappa shape index (κ1) is 11.8. The van der Waals surface area contributed by atoms with Crippen LogP contribution < -0.4 is 9.47 Å². The highest BCUT2D eigenvalue weighted by Crippen LogP contribution is 2.34. The summed E-state index contributed by atoms with van der Waals surface area (Å²) in [7, 11) is 1.61. The second-order valence-electron chi connectivity index (χ2n) is 4.07. The summed E-state index contributed by atoms with van der Waals surface area (Å²) in [4.78, 5) is 10.7.